The summed E-state index contributed by atoms with van der Waals surface area (Å²) < 4.78 is 11.1. The number of ether oxygens (including phenoxy) is 2. The first kappa shape index (κ1) is 11.4. The molecule has 0 amide bonds. The Kier molecular flexibility index (Phi) is 2.47. The summed E-state index contributed by atoms with van der Waals surface area (Å²) in [5, 5.41) is 9.05. The molecule has 0 bridgehead atoms. The van der Waals surface area contributed by atoms with Gasteiger partial charge < -0.3 is 14.6 Å². The average Bonchev–Trinajstić information content (AvgIpc) is 2.63. The van der Waals surface area contributed by atoms with E-state index in [9.17, 15) is 4.79 Å². The van der Waals surface area contributed by atoms with Crippen molar-refractivity contribution in [3.8, 4) is 11.5 Å². The molecule has 4 nitrogen and oxygen atoms in total. The van der Waals surface area contributed by atoms with E-state index >= 15 is 0 Å². The van der Waals surface area contributed by atoms with Crippen LogP contribution in [0.5, 0.6) is 11.5 Å². The second kappa shape index (κ2) is 3.90. The fourth-order valence-corrected chi connectivity index (χ4v) is 2.96. The molecule has 1 unspecified atom stereocenters. The zero-order chi connectivity index (χ0) is 12.8. The molecule has 0 fully saturated rings. The summed E-state index contributed by atoms with van der Waals surface area (Å²) in [5.41, 5.74) is 2.02. The predicted molar refractivity (Wildman–Crippen MR) is 65.4 cm³/mol. The first-order valence-corrected chi connectivity index (χ1v) is 6.23. The van der Waals surface area contributed by atoms with Gasteiger partial charge in [-0.2, -0.15) is 0 Å². The van der Waals surface area contributed by atoms with Crippen molar-refractivity contribution in [2.45, 2.75) is 31.6 Å². The van der Waals surface area contributed by atoms with Gasteiger partial charge in [-0.25, -0.2) is 0 Å². The Morgan fingerprint density at radius 3 is 2.67 bits per heavy atom. The molecule has 1 aliphatic heterocycles. The van der Waals surface area contributed by atoms with E-state index in [0.717, 1.165) is 29.9 Å². The van der Waals surface area contributed by atoms with Gasteiger partial charge in [0.2, 0.25) is 0 Å². The van der Waals surface area contributed by atoms with Gasteiger partial charge in [-0.05, 0) is 36.1 Å². The summed E-state index contributed by atoms with van der Waals surface area (Å²) in [6.07, 6.45) is 1.95. The zero-order valence-electron chi connectivity index (χ0n) is 10.4. The maximum Gasteiger partial charge on any atom is 0.304 e. The minimum absolute atomic E-state index is 0.166. The highest BCUT2D eigenvalue weighted by molar-refractivity contribution is 5.70. The molecule has 0 radical (unpaired) electrons. The van der Waals surface area contributed by atoms with E-state index in [-0.39, 0.29) is 11.8 Å². The summed E-state index contributed by atoms with van der Waals surface area (Å²) in [4.78, 5) is 11.0. The van der Waals surface area contributed by atoms with E-state index < -0.39 is 5.97 Å². The van der Waals surface area contributed by atoms with Crippen LogP contribution < -0.4 is 9.47 Å². The van der Waals surface area contributed by atoms with Crippen molar-refractivity contribution in [2.24, 2.45) is 0 Å². The van der Waals surface area contributed by atoms with Crippen LogP contribution in [0.15, 0.2) is 12.1 Å². The highest BCUT2D eigenvalue weighted by atomic mass is 16.6. The fourth-order valence-electron chi connectivity index (χ4n) is 2.96. The summed E-state index contributed by atoms with van der Waals surface area (Å²) >= 11 is 0. The maximum atomic E-state index is 11.0. The lowest BCUT2D eigenvalue weighted by atomic mass is 9.81. The number of carboxylic acid groups (broad SMARTS) is 1. The molecular weight excluding hydrogens is 232 g/mol. The SMILES string of the molecule is CC1(CC(=O)O)CCc2cc3c(cc21)OCCO3. The van der Waals surface area contributed by atoms with Gasteiger partial charge in [-0.3, -0.25) is 4.79 Å². The molecule has 1 aliphatic carbocycles. The van der Waals surface area contributed by atoms with Crippen LogP contribution in [0.4, 0.5) is 0 Å². The Hall–Kier alpha value is -1.71. The molecule has 18 heavy (non-hydrogen) atoms. The van der Waals surface area contributed by atoms with Crippen LogP contribution in [0.25, 0.3) is 0 Å². The van der Waals surface area contributed by atoms with Crippen molar-refractivity contribution in [3.05, 3.63) is 23.3 Å². The Morgan fingerprint density at radius 2 is 2.00 bits per heavy atom. The molecule has 2 aliphatic rings. The molecule has 1 heterocycles. The Bertz CT molecular complexity index is 509. The number of carbonyl (C=O) groups is 1. The van der Waals surface area contributed by atoms with Crippen molar-refractivity contribution in [2.75, 3.05) is 13.2 Å². The molecule has 96 valence electrons. The average molecular weight is 248 g/mol. The Labute approximate surface area is 106 Å². The van der Waals surface area contributed by atoms with Gasteiger partial charge in [-0.1, -0.05) is 6.92 Å². The van der Waals surface area contributed by atoms with Crippen LogP contribution in [-0.4, -0.2) is 24.3 Å². The number of fused-ring (bicyclic) bond motifs is 2. The van der Waals surface area contributed by atoms with Crippen molar-refractivity contribution < 1.29 is 19.4 Å². The third-order valence-corrected chi connectivity index (χ3v) is 3.91. The number of hydrogen-bond acceptors (Lipinski definition) is 3. The third-order valence-electron chi connectivity index (χ3n) is 3.91. The van der Waals surface area contributed by atoms with E-state index in [1.807, 2.05) is 19.1 Å². The van der Waals surface area contributed by atoms with Crippen LogP contribution in [0.1, 0.15) is 30.9 Å². The molecule has 1 atom stereocenters. The minimum Gasteiger partial charge on any atom is -0.486 e. The summed E-state index contributed by atoms with van der Waals surface area (Å²) in [6, 6.07) is 3.98. The van der Waals surface area contributed by atoms with Crippen molar-refractivity contribution >= 4 is 5.97 Å². The van der Waals surface area contributed by atoms with E-state index in [4.69, 9.17) is 14.6 Å². The van der Waals surface area contributed by atoms with Crippen molar-refractivity contribution in [3.63, 3.8) is 0 Å². The molecule has 0 saturated carbocycles. The number of rotatable bonds is 2. The lowest BCUT2D eigenvalue weighted by Gasteiger charge is -2.25. The van der Waals surface area contributed by atoms with Gasteiger partial charge in [0.05, 0.1) is 6.42 Å². The summed E-state index contributed by atoms with van der Waals surface area (Å²) in [6.45, 7) is 3.16. The number of aliphatic carboxylic acids is 1. The lowest BCUT2D eigenvalue weighted by Crippen LogP contribution is -2.23. The van der Waals surface area contributed by atoms with E-state index in [0.29, 0.717) is 13.2 Å². The molecule has 0 spiro atoms. The standard InChI is InChI=1S/C14H16O4/c1-14(8-13(15)16)3-2-9-6-11-12(7-10(9)14)18-5-4-17-11/h6-7H,2-5,8H2,1H3,(H,15,16). The predicted octanol–water partition coefficient (Wildman–Crippen LogP) is 2.14. The molecule has 0 saturated heterocycles. The minimum atomic E-state index is -0.750. The van der Waals surface area contributed by atoms with Gasteiger partial charge in [0, 0.05) is 5.41 Å². The molecule has 1 aromatic rings. The Morgan fingerprint density at radius 1 is 1.33 bits per heavy atom. The van der Waals surface area contributed by atoms with Gasteiger partial charge in [-0.15, -0.1) is 0 Å². The van der Waals surface area contributed by atoms with E-state index in [1.54, 1.807) is 0 Å². The van der Waals surface area contributed by atoms with Crippen LogP contribution in [0.3, 0.4) is 0 Å². The van der Waals surface area contributed by atoms with Gasteiger partial charge in [0.25, 0.3) is 0 Å². The van der Waals surface area contributed by atoms with Gasteiger partial charge >= 0.3 is 5.97 Å². The normalized spacial score (nSPS) is 24.7. The van der Waals surface area contributed by atoms with Crippen LogP contribution >= 0.6 is 0 Å². The van der Waals surface area contributed by atoms with E-state index in [1.165, 1.54) is 5.56 Å². The highest BCUT2D eigenvalue weighted by Gasteiger charge is 2.37. The summed E-state index contributed by atoms with van der Waals surface area (Å²) in [5.74, 6) is 0.790. The zero-order valence-corrected chi connectivity index (χ0v) is 10.4. The molecule has 4 heteroatoms. The number of aryl methyl sites for hydroxylation is 1. The second-order valence-corrected chi connectivity index (χ2v) is 5.28. The monoisotopic (exact) mass is 248 g/mol. The topological polar surface area (TPSA) is 55.8 Å². The molecular formula is C14H16O4. The first-order valence-electron chi connectivity index (χ1n) is 6.23. The maximum absolute atomic E-state index is 11.0. The van der Waals surface area contributed by atoms with Crippen LogP contribution in [-0.2, 0) is 16.6 Å². The highest BCUT2D eigenvalue weighted by Crippen LogP contribution is 2.46. The van der Waals surface area contributed by atoms with E-state index in [2.05, 4.69) is 0 Å². The molecule has 0 aromatic heterocycles. The first-order chi connectivity index (χ1) is 8.58. The smallest absolute Gasteiger partial charge is 0.304 e. The number of hydrogen-bond donors (Lipinski definition) is 1. The van der Waals surface area contributed by atoms with Gasteiger partial charge in [0.1, 0.15) is 13.2 Å². The van der Waals surface area contributed by atoms with Crippen LogP contribution in [0, 0.1) is 0 Å². The molecule has 1 aromatic carbocycles. The molecule has 3 rings (SSSR count). The number of benzene rings is 1. The van der Waals surface area contributed by atoms with Gasteiger partial charge in [0.15, 0.2) is 11.5 Å². The fraction of sp³-hybridized carbons (Fsp3) is 0.500. The second-order valence-electron chi connectivity index (χ2n) is 5.28. The molecule has 1 N–H and O–H groups in total. The largest absolute Gasteiger partial charge is 0.486 e. The third kappa shape index (κ3) is 1.72. The quantitative estimate of drug-likeness (QED) is 0.871. The Balaban J connectivity index is 2.03. The number of carboxylic acids is 1. The summed E-state index contributed by atoms with van der Waals surface area (Å²) in [7, 11) is 0. The van der Waals surface area contributed by atoms with Crippen molar-refractivity contribution in [1.29, 1.82) is 0 Å². The van der Waals surface area contributed by atoms with Crippen molar-refractivity contribution in [1.82, 2.24) is 0 Å². The van der Waals surface area contributed by atoms with Crippen LogP contribution in [0.2, 0.25) is 0 Å². The lowest BCUT2D eigenvalue weighted by molar-refractivity contribution is -0.138.